The van der Waals surface area contributed by atoms with E-state index in [0.717, 1.165) is 5.69 Å². The van der Waals surface area contributed by atoms with Crippen LogP contribution >= 0.6 is 0 Å². The fraction of sp³-hybridized carbons (Fsp3) is 0.267. The largest absolute Gasteiger partial charge is 0.480 e. The molecule has 0 fully saturated rings. The topological polar surface area (TPSA) is 84.2 Å². The Labute approximate surface area is 122 Å². The van der Waals surface area contributed by atoms with Gasteiger partial charge < -0.3 is 10.4 Å². The molecule has 1 aromatic heterocycles. The third kappa shape index (κ3) is 3.28. The molecule has 0 aliphatic rings. The van der Waals surface area contributed by atoms with E-state index >= 15 is 0 Å². The van der Waals surface area contributed by atoms with Gasteiger partial charge in [-0.15, -0.1) is 0 Å². The van der Waals surface area contributed by atoms with Gasteiger partial charge in [-0.25, -0.2) is 9.48 Å². The van der Waals surface area contributed by atoms with Crippen molar-refractivity contribution in [3.63, 3.8) is 0 Å². The summed E-state index contributed by atoms with van der Waals surface area (Å²) in [4.78, 5) is 23.1. The minimum absolute atomic E-state index is 0.326. The molecule has 6 heteroatoms. The van der Waals surface area contributed by atoms with E-state index < -0.39 is 17.9 Å². The van der Waals surface area contributed by atoms with Crippen LogP contribution in [0.5, 0.6) is 0 Å². The van der Waals surface area contributed by atoms with Crippen LogP contribution in [0.15, 0.2) is 36.5 Å². The number of hydrogen-bond acceptors (Lipinski definition) is 3. The minimum atomic E-state index is -1.04. The minimum Gasteiger partial charge on any atom is -0.480 e. The Bertz CT molecular complexity index is 649. The first-order valence-electron chi connectivity index (χ1n) is 6.68. The van der Waals surface area contributed by atoms with Crippen LogP contribution in [0.2, 0.25) is 0 Å². The number of nitrogens with zero attached hydrogens (tertiary/aromatic N) is 2. The summed E-state index contributed by atoms with van der Waals surface area (Å²) in [6.45, 7) is 3.43. The number of aliphatic carboxylic acids is 1. The number of carboxylic acid groups (broad SMARTS) is 1. The van der Waals surface area contributed by atoms with E-state index in [1.165, 1.54) is 0 Å². The van der Waals surface area contributed by atoms with Gasteiger partial charge in [0.05, 0.1) is 16.9 Å². The number of aryl methyl sites for hydroxylation is 1. The van der Waals surface area contributed by atoms with Crippen LogP contribution in [0, 0.1) is 6.92 Å². The summed E-state index contributed by atoms with van der Waals surface area (Å²) in [5.74, 6) is -1.47. The van der Waals surface area contributed by atoms with E-state index in [0.29, 0.717) is 17.7 Å². The number of nitrogens with one attached hydrogen (secondary N) is 1. The highest BCUT2D eigenvalue weighted by molar-refractivity contribution is 5.97. The van der Waals surface area contributed by atoms with Crippen molar-refractivity contribution in [2.24, 2.45) is 0 Å². The quantitative estimate of drug-likeness (QED) is 0.877. The van der Waals surface area contributed by atoms with Gasteiger partial charge in [-0.2, -0.15) is 5.10 Å². The lowest BCUT2D eigenvalue weighted by molar-refractivity contribution is -0.139. The second-order valence-electron chi connectivity index (χ2n) is 4.68. The van der Waals surface area contributed by atoms with E-state index in [4.69, 9.17) is 5.11 Å². The third-order valence-corrected chi connectivity index (χ3v) is 3.18. The molecule has 0 bridgehead atoms. The van der Waals surface area contributed by atoms with Gasteiger partial charge in [-0.1, -0.05) is 25.1 Å². The van der Waals surface area contributed by atoms with E-state index in [9.17, 15) is 9.59 Å². The van der Waals surface area contributed by atoms with Crippen LogP contribution in [0.4, 0.5) is 0 Å². The average Bonchev–Trinajstić information content (AvgIpc) is 2.87. The maximum Gasteiger partial charge on any atom is 0.326 e. The van der Waals surface area contributed by atoms with Crippen molar-refractivity contribution >= 4 is 11.9 Å². The highest BCUT2D eigenvalue weighted by atomic mass is 16.4. The third-order valence-electron chi connectivity index (χ3n) is 3.18. The van der Waals surface area contributed by atoms with E-state index in [1.54, 1.807) is 24.7 Å². The van der Waals surface area contributed by atoms with Gasteiger partial charge >= 0.3 is 5.97 Å². The highest BCUT2D eigenvalue weighted by Crippen LogP contribution is 2.12. The van der Waals surface area contributed by atoms with Crippen LogP contribution in [0.25, 0.3) is 5.69 Å². The Morgan fingerprint density at radius 2 is 2.00 bits per heavy atom. The van der Waals surface area contributed by atoms with Gasteiger partial charge in [0, 0.05) is 6.20 Å². The molecular weight excluding hydrogens is 270 g/mol. The normalized spacial score (nSPS) is 11.9. The van der Waals surface area contributed by atoms with Crippen molar-refractivity contribution in [1.29, 1.82) is 0 Å². The fourth-order valence-electron chi connectivity index (χ4n) is 1.97. The van der Waals surface area contributed by atoms with Crippen molar-refractivity contribution in [3.8, 4) is 5.69 Å². The maximum atomic E-state index is 12.2. The molecule has 1 aromatic carbocycles. The summed E-state index contributed by atoms with van der Waals surface area (Å²) in [5.41, 5.74) is 1.76. The Morgan fingerprint density at radius 1 is 1.33 bits per heavy atom. The molecule has 6 nitrogen and oxygen atoms in total. The van der Waals surface area contributed by atoms with E-state index in [2.05, 4.69) is 10.4 Å². The molecule has 0 aliphatic heterocycles. The first kappa shape index (κ1) is 14.8. The number of carboxylic acids is 1. The van der Waals surface area contributed by atoms with Crippen LogP contribution in [-0.2, 0) is 4.79 Å². The Balaban J connectivity index is 2.23. The van der Waals surface area contributed by atoms with Crippen molar-refractivity contribution in [2.45, 2.75) is 26.3 Å². The second-order valence-corrected chi connectivity index (χ2v) is 4.68. The monoisotopic (exact) mass is 287 g/mol. The number of rotatable bonds is 5. The number of benzene rings is 1. The summed E-state index contributed by atoms with van der Waals surface area (Å²) >= 11 is 0. The molecule has 0 saturated carbocycles. The molecule has 1 atom stereocenters. The molecule has 0 radical (unpaired) electrons. The smallest absolute Gasteiger partial charge is 0.326 e. The van der Waals surface area contributed by atoms with Crippen LogP contribution in [0.1, 0.15) is 29.4 Å². The number of para-hydroxylation sites is 1. The molecule has 21 heavy (non-hydrogen) atoms. The SMILES string of the molecule is CCC(NC(=O)c1cn(-c2ccccc2)nc1C)C(=O)O. The first-order chi connectivity index (χ1) is 10.0. The van der Waals surface area contributed by atoms with Crippen LogP contribution < -0.4 is 5.32 Å². The Hall–Kier alpha value is -2.63. The van der Waals surface area contributed by atoms with Gasteiger partial charge in [-0.3, -0.25) is 4.79 Å². The Morgan fingerprint density at radius 3 is 2.57 bits per heavy atom. The summed E-state index contributed by atoms with van der Waals surface area (Å²) < 4.78 is 1.60. The molecule has 0 aliphatic carbocycles. The summed E-state index contributed by atoms with van der Waals surface area (Å²) in [6.07, 6.45) is 1.93. The zero-order chi connectivity index (χ0) is 15.4. The number of carbonyl (C=O) groups excluding carboxylic acids is 1. The average molecular weight is 287 g/mol. The Kier molecular flexibility index (Phi) is 4.37. The predicted octanol–water partition coefficient (Wildman–Crippen LogP) is 1.77. The van der Waals surface area contributed by atoms with Gasteiger partial charge in [0.25, 0.3) is 5.91 Å². The maximum absolute atomic E-state index is 12.2. The molecule has 1 unspecified atom stereocenters. The van der Waals surface area contributed by atoms with E-state index in [-0.39, 0.29) is 0 Å². The molecule has 2 N–H and O–H groups in total. The van der Waals surface area contributed by atoms with Crippen molar-refractivity contribution in [3.05, 3.63) is 47.8 Å². The standard InChI is InChI=1S/C15H17N3O3/c1-3-13(15(20)21)16-14(19)12-9-18(17-10(12)2)11-7-5-4-6-8-11/h4-9,13H,3H2,1-2H3,(H,16,19)(H,20,21). The van der Waals surface area contributed by atoms with Crippen LogP contribution in [-0.4, -0.2) is 32.8 Å². The number of amides is 1. The summed E-state index contributed by atoms with van der Waals surface area (Å²) in [5, 5.41) is 15.8. The van der Waals surface area contributed by atoms with Gasteiger partial charge in [-0.05, 0) is 25.5 Å². The first-order valence-corrected chi connectivity index (χ1v) is 6.68. The molecule has 2 aromatic rings. The highest BCUT2D eigenvalue weighted by Gasteiger charge is 2.21. The zero-order valence-electron chi connectivity index (χ0n) is 11.9. The number of hydrogen-bond donors (Lipinski definition) is 2. The van der Waals surface area contributed by atoms with Gasteiger partial charge in [0.15, 0.2) is 0 Å². The predicted molar refractivity (Wildman–Crippen MR) is 77.5 cm³/mol. The fourth-order valence-corrected chi connectivity index (χ4v) is 1.97. The lowest BCUT2D eigenvalue weighted by atomic mass is 10.2. The molecular formula is C15H17N3O3. The number of aromatic nitrogens is 2. The molecule has 0 saturated heterocycles. The summed E-state index contributed by atoms with van der Waals surface area (Å²) in [6, 6.07) is 8.51. The lowest BCUT2D eigenvalue weighted by Gasteiger charge is -2.11. The lowest BCUT2D eigenvalue weighted by Crippen LogP contribution is -2.40. The number of carbonyl (C=O) groups is 2. The second kappa shape index (κ2) is 6.21. The van der Waals surface area contributed by atoms with Gasteiger partial charge in [0.2, 0.25) is 0 Å². The molecule has 1 heterocycles. The van der Waals surface area contributed by atoms with E-state index in [1.807, 2.05) is 30.3 Å². The van der Waals surface area contributed by atoms with Gasteiger partial charge in [0.1, 0.15) is 6.04 Å². The molecule has 2 rings (SSSR count). The van der Waals surface area contributed by atoms with Crippen LogP contribution in [0.3, 0.4) is 0 Å². The van der Waals surface area contributed by atoms with Crippen molar-refractivity contribution < 1.29 is 14.7 Å². The van der Waals surface area contributed by atoms with Crippen molar-refractivity contribution in [1.82, 2.24) is 15.1 Å². The molecule has 110 valence electrons. The van der Waals surface area contributed by atoms with Crippen molar-refractivity contribution in [2.75, 3.05) is 0 Å². The zero-order valence-corrected chi connectivity index (χ0v) is 11.9. The molecule has 1 amide bonds. The summed E-state index contributed by atoms with van der Waals surface area (Å²) in [7, 11) is 0. The molecule has 0 spiro atoms.